The lowest BCUT2D eigenvalue weighted by Crippen LogP contribution is -2.37. The van der Waals surface area contributed by atoms with Crippen molar-refractivity contribution >= 4 is 13.8 Å². The molecule has 0 aromatic heterocycles. The molecule has 8 nitrogen and oxygen atoms in total. The van der Waals surface area contributed by atoms with Crippen LogP contribution in [0.1, 0.15) is 187 Å². The monoisotopic (exact) mass is 822 g/mol. The molecular weight excluding hydrogens is 734 g/mol. The Bertz CT molecular complexity index is 1090. The van der Waals surface area contributed by atoms with E-state index in [0.717, 1.165) is 57.8 Å². The summed E-state index contributed by atoms with van der Waals surface area (Å²) in [7, 11) is 1.30. The van der Waals surface area contributed by atoms with Gasteiger partial charge in [0.25, 0.3) is 7.82 Å². The molecule has 332 valence electrons. The lowest BCUT2D eigenvalue weighted by molar-refractivity contribution is -0.870. The molecule has 57 heavy (non-hydrogen) atoms. The number of hydrogen-bond acceptors (Lipinski definition) is 7. The molecule has 0 spiro atoms. The molecule has 9 heteroatoms. The number of likely N-dealkylation sites (N-methyl/N-ethyl adjacent to an activating group) is 1. The van der Waals surface area contributed by atoms with Gasteiger partial charge in [-0.25, -0.2) is 0 Å². The highest BCUT2D eigenvalue weighted by molar-refractivity contribution is 7.45. The molecule has 0 saturated carbocycles. The van der Waals surface area contributed by atoms with Crippen molar-refractivity contribution in [3.63, 3.8) is 0 Å². The highest BCUT2D eigenvalue weighted by Gasteiger charge is 2.20. The van der Waals surface area contributed by atoms with Crippen molar-refractivity contribution in [3.8, 4) is 0 Å². The second-order valence-electron chi connectivity index (χ2n) is 16.5. The van der Waals surface area contributed by atoms with Crippen molar-refractivity contribution in [2.75, 3.05) is 47.5 Å². The number of carbonyl (C=O) groups excluding carboxylic acids is 1. The van der Waals surface area contributed by atoms with E-state index in [1.807, 2.05) is 27.2 Å². The lowest BCUT2D eigenvalue weighted by atomic mass is 10.0. The summed E-state index contributed by atoms with van der Waals surface area (Å²) in [6.07, 6.45) is 51.9. The summed E-state index contributed by atoms with van der Waals surface area (Å²) in [6, 6.07) is 0. The molecule has 0 rings (SSSR count). The summed E-state index contributed by atoms with van der Waals surface area (Å²) in [5.74, 6) is -0.386. The normalized spacial score (nSPS) is 14.2. The van der Waals surface area contributed by atoms with Gasteiger partial charge in [-0.05, 0) is 63.9 Å². The number of unbranched alkanes of at least 4 members (excludes halogenated alkanes) is 20. The van der Waals surface area contributed by atoms with E-state index in [-0.39, 0.29) is 32.2 Å². The van der Waals surface area contributed by atoms with Crippen LogP contribution in [-0.2, 0) is 27.9 Å². The largest absolute Gasteiger partial charge is 0.756 e. The maximum atomic E-state index is 12.7. The molecule has 0 N–H and O–H groups in total. The van der Waals surface area contributed by atoms with E-state index < -0.39 is 13.9 Å². The molecular formula is C48H88NO7P. The third kappa shape index (κ3) is 45.0. The van der Waals surface area contributed by atoms with E-state index in [9.17, 15) is 14.3 Å². The summed E-state index contributed by atoms with van der Waals surface area (Å²) < 4.78 is 34.3. The summed E-state index contributed by atoms with van der Waals surface area (Å²) in [5, 5.41) is 0. The summed E-state index contributed by atoms with van der Waals surface area (Å²) >= 11 is 0. The van der Waals surface area contributed by atoms with Crippen LogP contribution in [0.4, 0.5) is 0 Å². The van der Waals surface area contributed by atoms with Crippen LogP contribution in [0.25, 0.3) is 0 Å². The Hall–Kier alpha value is -1.96. The Labute approximate surface area is 351 Å². The Morgan fingerprint density at radius 3 is 1.53 bits per heavy atom. The van der Waals surface area contributed by atoms with Gasteiger partial charge >= 0.3 is 5.97 Å². The molecule has 0 radical (unpaired) electrons. The lowest BCUT2D eigenvalue weighted by Gasteiger charge is -2.28. The van der Waals surface area contributed by atoms with Gasteiger partial charge in [-0.1, -0.05) is 172 Å². The summed E-state index contributed by atoms with van der Waals surface area (Å²) in [4.78, 5) is 25.0. The molecule has 0 heterocycles. The van der Waals surface area contributed by atoms with Gasteiger partial charge in [0.1, 0.15) is 19.8 Å². The topological polar surface area (TPSA) is 94.1 Å². The first-order valence-corrected chi connectivity index (χ1v) is 24.5. The number of esters is 1. The van der Waals surface area contributed by atoms with Crippen molar-refractivity contribution in [1.82, 2.24) is 0 Å². The van der Waals surface area contributed by atoms with Gasteiger partial charge in [0, 0.05) is 6.42 Å². The quantitative estimate of drug-likeness (QED) is 0.0151. The van der Waals surface area contributed by atoms with Crippen LogP contribution in [0, 0.1) is 0 Å². The minimum atomic E-state index is -4.55. The zero-order valence-electron chi connectivity index (χ0n) is 37.5. The number of hydrogen-bond donors (Lipinski definition) is 0. The fraction of sp³-hybridized carbons (Fsp3) is 0.771. The predicted octanol–water partition coefficient (Wildman–Crippen LogP) is 13.4. The second-order valence-corrected chi connectivity index (χ2v) is 17.9. The number of rotatable bonds is 42. The molecule has 0 aliphatic heterocycles. The molecule has 0 bridgehead atoms. The van der Waals surface area contributed by atoms with Gasteiger partial charge in [-0.3, -0.25) is 9.36 Å². The summed E-state index contributed by atoms with van der Waals surface area (Å²) in [6.45, 7) is 4.63. The SMILES string of the molecule is CCC/C=C/C/C=C/C/C=C/C/C=C/CCCCCC(=O)O[C@H](CO/C=C/CCCCCCCCCCCCCCCCCC)COP(=O)([O-])OCC[N+](C)(C)C. The Balaban J connectivity index is 4.32. The maximum absolute atomic E-state index is 12.7. The van der Waals surface area contributed by atoms with Gasteiger partial charge < -0.3 is 27.9 Å². The van der Waals surface area contributed by atoms with Crippen LogP contribution >= 0.6 is 7.82 Å². The van der Waals surface area contributed by atoms with Crippen LogP contribution in [-0.4, -0.2) is 64.1 Å². The van der Waals surface area contributed by atoms with E-state index >= 15 is 0 Å². The smallest absolute Gasteiger partial charge is 0.306 e. The third-order valence-corrected chi connectivity index (χ3v) is 10.6. The third-order valence-electron chi connectivity index (χ3n) is 9.62. The number of phosphoric ester groups is 1. The Morgan fingerprint density at radius 2 is 1.02 bits per heavy atom. The fourth-order valence-electron chi connectivity index (χ4n) is 6.03. The minimum Gasteiger partial charge on any atom is -0.756 e. The first-order chi connectivity index (χ1) is 27.6. The van der Waals surface area contributed by atoms with Crippen molar-refractivity contribution in [1.29, 1.82) is 0 Å². The van der Waals surface area contributed by atoms with Gasteiger partial charge in [0.2, 0.25) is 0 Å². The summed E-state index contributed by atoms with van der Waals surface area (Å²) in [5.41, 5.74) is 0. The Morgan fingerprint density at radius 1 is 0.561 bits per heavy atom. The standard InChI is InChI=1S/C48H88NO7P/c1-6-8-10-12-14-16-18-20-22-24-26-28-30-32-34-36-38-40-43-53-45-47(46-55-57(51,52)54-44-42-49(3,4)5)56-48(50)41-39-37-35-33-31-29-27-25-23-21-19-17-15-13-11-9-7-2/h11,13,17,19,23,25,29,31,40,43,47H,6-10,12,14-16,18,20-22,24,26-28,30,32-39,41-42,44-46H2,1-5H3/b13-11+,19-17+,25-23+,31-29+,43-40+/t47-/m1/s1. The highest BCUT2D eigenvalue weighted by Crippen LogP contribution is 2.38. The molecule has 0 aromatic carbocycles. The van der Waals surface area contributed by atoms with Crippen LogP contribution in [0.2, 0.25) is 0 Å². The zero-order chi connectivity index (χ0) is 42.0. The van der Waals surface area contributed by atoms with Crippen LogP contribution in [0.5, 0.6) is 0 Å². The van der Waals surface area contributed by atoms with E-state index in [4.69, 9.17) is 18.5 Å². The number of phosphoric acid groups is 1. The van der Waals surface area contributed by atoms with Crippen molar-refractivity contribution in [2.45, 2.75) is 193 Å². The van der Waals surface area contributed by atoms with Crippen molar-refractivity contribution in [2.24, 2.45) is 0 Å². The van der Waals surface area contributed by atoms with E-state index in [1.165, 1.54) is 103 Å². The molecule has 0 aromatic rings. The second kappa shape index (κ2) is 40.8. The van der Waals surface area contributed by atoms with Gasteiger partial charge in [0.05, 0.1) is 34.0 Å². The molecule has 0 fully saturated rings. The van der Waals surface area contributed by atoms with Gasteiger partial charge in [-0.2, -0.15) is 0 Å². The maximum Gasteiger partial charge on any atom is 0.306 e. The highest BCUT2D eigenvalue weighted by atomic mass is 31.2. The average Bonchev–Trinajstić information content (AvgIpc) is 3.16. The van der Waals surface area contributed by atoms with Crippen LogP contribution < -0.4 is 4.89 Å². The van der Waals surface area contributed by atoms with E-state index in [2.05, 4.69) is 62.5 Å². The fourth-order valence-corrected chi connectivity index (χ4v) is 6.76. The first-order valence-electron chi connectivity index (χ1n) is 23.1. The molecule has 0 aliphatic carbocycles. The minimum absolute atomic E-state index is 0.00595. The molecule has 0 saturated heterocycles. The number of ether oxygens (including phenoxy) is 2. The number of allylic oxidation sites excluding steroid dienone is 9. The number of nitrogens with zero attached hydrogens (tertiary/aromatic N) is 1. The van der Waals surface area contributed by atoms with Crippen LogP contribution in [0.15, 0.2) is 60.9 Å². The van der Waals surface area contributed by atoms with E-state index in [1.54, 1.807) is 6.26 Å². The Kier molecular flexibility index (Phi) is 39.4. The van der Waals surface area contributed by atoms with Crippen molar-refractivity contribution in [3.05, 3.63) is 60.9 Å². The molecule has 0 amide bonds. The molecule has 0 aliphatic rings. The van der Waals surface area contributed by atoms with Gasteiger partial charge in [0.15, 0.2) is 6.10 Å². The predicted molar refractivity (Wildman–Crippen MR) is 240 cm³/mol. The van der Waals surface area contributed by atoms with Crippen LogP contribution in [0.3, 0.4) is 0 Å². The van der Waals surface area contributed by atoms with Crippen molar-refractivity contribution < 1.29 is 37.3 Å². The molecule has 2 atom stereocenters. The number of carbonyl (C=O) groups is 1. The zero-order valence-corrected chi connectivity index (χ0v) is 38.4. The molecule has 1 unspecified atom stereocenters. The first kappa shape index (κ1) is 55.0. The van der Waals surface area contributed by atoms with Gasteiger partial charge in [-0.15, -0.1) is 0 Å². The van der Waals surface area contributed by atoms with E-state index in [0.29, 0.717) is 17.4 Å². The average molecular weight is 822 g/mol. The number of quaternary nitrogens is 1.